The van der Waals surface area contributed by atoms with E-state index in [0.29, 0.717) is 12.5 Å². The number of aromatic nitrogens is 2. The summed E-state index contributed by atoms with van der Waals surface area (Å²) < 4.78 is 6.67. The van der Waals surface area contributed by atoms with Crippen LogP contribution >= 0.6 is 0 Å². The molecule has 0 atom stereocenters. The summed E-state index contributed by atoms with van der Waals surface area (Å²) in [4.78, 5) is 14.8. The van der Waals surface area contributed by atoms with E-state index in [1.807, 2.05) is 0 Å². The van der Waals surface area contributed by atoms with Gasteiger partial charge < -0.3 is 9.30 Å². The van der Waals surface area contributed by atoms with Crippen LogP contribution in [-0.4, -0.2) is 16.2 Å². The Morgan fingerprint density at radius 1 is 1.62 bits per heavy atom. The zero-order valence-corrected chi connectivity index (χ0v) is 7.99. The van der Waals surface area contributed by atoms with Gasteiger partial charge in [-0.3, -0.25) is 0 Å². The molecule has 1 heterocycles. The molecule has 0 amide bonds. The first-order valence-corrected chi connectivity index (χ1v) is 4.40. The fourth-order valence-corrected chi connectivity index (χ4v) is 0.851. The van der Waals surface area contributed by atoms with Crippen LogP contribution in [0.15, 0.2) is 17.1 Å². The molecule has 0 aromatic carbocycles. The maximum Gasteiger partial charge on any atom is 0.350 e. The van der Waals surface area contributed by atoms with E-state index >= 15 is 0 Å². The van der Waals surface area contributed by atoms with Gasteiger partial charge in [0.1, 0.15) is 0 Å². The van der Waals surface area contributed by atoms with Gasteiger partial charge in [-0.1, -0.05) is 13.3 Å². The second-order valence-corrected chi connectivity index (χ2v) is 2.86. The number of ether oxygens (including phenoxy) is 1. The predicted octanol–water partition coefficient (Wildman–Crippen LogP) is 0.959. The lowest BCUT2D eigenvalue weighted by molar-refractivity contribution is 0.295. The maximum atomic E-state index is 11.0. The van der Waals surface area contributed by atoms with Crippen molar-refractivity contribution < 1.29 is 4.74 Å². The van der Waals surface area contributed by atoms with Crippen molar-refractivity contribution >= 4 is 0 Å². The second-order valence-electron chi connectivity index (χ2n) is 2.86. The van der Waals surface area contributed by atoms with Gasteiger partial charge in [0.2, 0.25) is 5.88 Å². The summed E-state index contributed by atoms with van der Waals surface area (Å²) in [6.45, 7) is 2.71. The zero-order chi connectivity index (χ0) is 9.68. The Morgan fingerprint density at radius 3 is 3.00 bits per heavy atom. The van der Waals surface area contributed by atoms with Gasteiger partial charge in [-0.2, -0.15) is 4.98 Å². The van der Waals surface area contributed by atoms with Crippen molar-refractivity contribution in [2.24, 2.45) is 7.05 Å². The highest BCUT2D eigenvalue weighted by molar-refractivity contribution is 5.05. The van der Waals surface area contributed by atoms with Crippen molar-refractivity contribution in [3.8, 4) is 5.88 Å². The minimum absolute atomic E-state index is 0.283. The molecule has 1 aromatic heterocycles. The molecule has 0 spiro atoms. The van der Waals surface area contributed by atoms with E-state index < -0.39 is 0 Å². The van der Waals surface area contributed by atoms with Crippen molar-refractivity contribution in [3.05, 3.63) is 22.7 Å². The first-order chi connectivity index (χ1) is 6.24. The third-order valence-electron chi connectivity index (χ3n) is 1.70. The summed E-state index contributed by atoms with van der Waals surface area (Å²) in [7, 11) is 1.66. The van der Waals surface area contributed by atoms with Gasteiger partial charge in [0, 0.05) is 19.3 Å². The molecule has 4 heteroatoms. The van der Waals surface area contributed by atoms with Gasteiger partial charge in [0.25, 0.3) is 0 Å². The topological polar surface area (TPSA) is 44.1 Å². The molecule has 4 nitrogen and oxygen atoms in total. The summed E-state index contributed by atoms with van der Waals surface area (Å²) in [5, 5.41) is 0. The molecule has 1 rings (SSSR count). The van der Waals surface area contributed by atoms with Crippen molar-refractivity contribution in [2.75, 3.05) is 6.61 Å². The van der Waals surface area contributed by atoms with Gasteiger partial charge in [-0.25, -0.2) is 4.79 Å². The highest BCUT2D eigenvalue weighted by Gasteiger charge is 1.96. The lowest BCUT2D eigenvalue weighted by Crippen LogP contribution is -2.19. The van der Waals surface area contributed by atoms with Crippen molar-refractivity contribution in [3.63, 3.8) is 0 Å². The average molecular weight is 182 g/mol. The third kappa shape index (κ3) is 2.89. The smallest absolute Gasteiger partial charge is 0.350 e. The third-order valence-corrected chi connectivity index (χ3v) is 1.70. The fourth-order valence-electron chi connectivity index (χ4n) is 0.851. The van der Waals surface area contributed by atoms with E-state index in [1.165, 1.54) is 4.57 Å². The van der Waals surface area contributed by atoms with Crippen LogP contribution in [0.1, 0.15) is 19.8 Å². The molecule has 0 radical (unpaired) electrons. The van der Waals surface area contributed by atoms with E-state index in [-0.39, 0.29) is 5.69 Å². The molecule has 1 aromatic rings. The number of hydrogen-bond acceptors (Lipinski definition) is 3. The molecular weight excluding hydrogens is 168 g/mol. The molecule has 0 saturated carbocycles. The van der Waals surface area contributed by atoms with E-state index in [1.54, 1.807) is 19.3 Å². The largest absolute Gasteiger partial charge is 0.478 e. The summed E-state index contributed by atoms with van der Waals surface area (Å²) >= 11 is 0. The number of unbranched alkanes of at least 4 members (excludes halogenated alkanes) is 1. The van der Waals surface area contributed by atoms with Gasteiger partial charge in [-0.05, 0) is 6.42 Å². The molecule has 0 bridgehead atoms. The number of aryl methyl sites for hydroxylation is 1. The molecule has 0 N–H and O–H groups in total. The van der Waals surface area contributed by atoms with Crippen LogP contribution in [0.4, 0.5) is 0 Å². The molecule has 0 aliphatic rings. The predicted molar refractivity (Wildman–Crippen MR) is 49.9 cm³/mol. The maximum absolute atomic E-state index is 11.0. The van der Waals surface area contributed by atoms with Gasteiger partial charge in [-0.15, -0.1) is 0 Å². The van der Waals surface area contributed by atoms with Crippen LogP contribution in [0.3, 0.4) is 0 Å². The van der Waals surface area contributed by atoms with Crippen molar-refractivity contribution in [1.82, 2.24) is 9.55 Å². The first-order valence-electron chi connectivity index (χ1n) is 4.40. The minimum Gasteiger partial charge on any atom is -0.478 e. The Kier molecular flexibility index (Phi) is 3.49. The van der Waals surface area contributed by atoms with Gasteiger partial charge >= 0.3 is 5.69 Å². The summed E-state index contributed by atoms with van der Waals surface area (Å²) in [6, 6.07) is 1.69. The van der Waals surface area contributed by atoms with E-state index in [2.05, 4.69) is 11.9 Å². The summed E-state index contributed by atoms with van der Waals surface area (Å²) in [6.07, 6.45) is 3.71. The normalized spacial score (nSPS) is 10.0. The van der Waals surface area contributed by atoms with E-state index in [9.17, 15) is 4.79 Å². The number of rotatable bonds is 4. The van der Waals surface area contributed by atoms with Gasteiger partial charge in [0.05, 0.1) is 6.61 Å². The molecule has 72 valence electrons. The van der Waals surface area contributed by atoms with E-state index in [0.717, 1.165) is 12.8 Å². The standard InChI is InChI=1S/C9H14N2O2/c1-3-4-7-13-8-5-6-11(2)9(12)10-8/h5-6H,3-4,7H2,1-2H3. The highest BCUT2D eigenvalue weighted by Crippen LogP contribution is 2.01. The van der Waals surface area contributed by atoms with Crippen molar-refractivity contribution in [2.45, 2.75) is 19.8 Å². The molecule has 13 heavy (non-hydrogen) atoms. The van der Waals surface area contributed by atoms with Crippen LogP contribution in [0.2, 0.25) is 0 Å². The van der Waals surface area contributed by atoms with Crippen LogP contribution in [0.25, 0.3) is 0 Å². The fraction of sp³-hybridized carbons (Fsp3) is 0.556. The zero-order valence-electron chi connectivity index (χ0n) is 7.99. The Morgan fingerprint density at radius 2 is 2.38 bits per heavy atom. The number of hydrogen-bond donors (Lipinski definition) is 0. The quantitative estimate of drug-likeness (QED) is 0.651. The monoisotopic (exact) mass is 182 g/mol. The highest BCUT2D eigenvalue weighted by atomic mass is 16.5. The second kappa shape index (κ2) is 4.64. The number of nitrogens with zero attached hydrogens (tertiary/aromatic N) is 2. The molecule has 0 aliphatic carbocycles. The van der Waals surface area contributed by atoms with Crippen LogP contribution < -0.4 is 10.4 Å². The van der Waals surface area contributed by atoms with E-state index in [4.69, 9.17) is 4.74 Å². The SMILES string of the molecule is CCCCOc1ccn(C)c(=O)n1. The Balaban J connectivity index is 2.58. The minimum atomic E-state index is -0.283. The lowest BCUT2D eigenvalue weighted by Gasteiger charge is -2.03. The average Bonchev–Trinajstić information content (AvgIpc) is 2.12. The summed E-state index contributed by atoms with van der Waals surface area (Å²) in [5.41, 5.74) is -0.283. The molecule has 0 saturated heterocycles. The Hall–Kier alpha value is -1.32. The molecule has 0 unspecified atom stereocenters. The van der Waals surface area contributed by atoms with Crippen LogP contribution in [0.5, 0.6) is 5.88 Å². The summed E-state index contributed by atoms with van der Waals surface area (Å²) in [5.74, 6) is 0.413. The van der Waals surface area contributed by atoms with Crippen molar-refractivity contribution in [1.29, 1.82) is 0 Å². The van der Waals surface area contributed by atoms with Crippen LogP contribution in [-0.2, 0) is 7.05 Å². The lowest BCUT2D eigenvalue weighted by atomic mass is 10.4. The molecule has 0 fully saturated rings. The molecule has 0 aliphatic heterocycles. The molecular formula is C9H14N2O2. The Labute approximate surface area is 77.2 Å². The first kappa shape index (κ1) is 9.77. The van der Waals surface area contributed by atoms with Crippen LogP contribution in [0, 0.1) is 0 Å². The Bertz CT molecular complexity index is 320. The van der Waals surface area contributed by atoms with Gasteiger partial charge in [0.15, 0.2) is 0 Å².